The number of carboxylic acids is 1. The van der Waals surface area contributed by atoms with Crippen LogP contribution in [0.3, 0.4) is 0 Å². The summed E-state index contributed by atoms with van der Waals surface area (Å²) in [4.78, 5) is 11.3. The molecule has 0 bridgehead atoms. The maximum atomic E-state index is 12.6. The maximum Gasteiger partial charge on any atom is 0.337 e. The first-order valence-electron chi connectivity index (χ1n) is 6.76. The number of carbonyl (C=O) groups is 1. The summed E-state index contributed by atoms with van der Waals surface area (Å²) >= 11 is 0. The second-order valence-corrected chi connectivity index (χ2v) is 6.69. The van der Waals surface area contributed by atoms with Crippen molar-refractivity contribution in [2.75, 3.05) is 11.8 Å². The van der Waals surface area contributed by atoms with E-state index >= 15 is 0 Å². The summed E-state index contributed by atoms with van der Waals surface area (Å²) in [5.41, 5.74) is 1.09. The van der Waals surface area contributed by atoms with Crippen molar-refractivity contribution in [3.05, 3.63) is 53.1 Å². The molecule has 2 aromatic rings. The predicted octanol–water partition coefficient (Wildman–Crippen LogP) is 2.81. The van der Waals surface area contributed by atoms with Gasteiger partial charge in [-0.2, -0.15) is 0 Å². The minimum absolute atomic E-state index is 0.0212. The number of para-hydroxylation sites is 1. The second-order valence-electron chi connectivity index (χ2n) is 5.04. The molecule has 0 unspecified atom stereocenters. The van der Waals surface area contributed by atoms with Gasteiger partial charge in [0.1, 0.15) is 5.75 Å². The number of methoxy groups -OCH3 is 1. The number of anilines is 1. The Bertz CT molecular complexity index is 859. The topological polar surface area (TPSA) is 92.7 Å². The molecule has 0 atom stereocenters. The third-order valence-electron chi connectivity index (χ3n) is 3.38. The molecule has 0 amide bonds. The van der Waals surface area contributed by atoms with Gasteiger partial charge in [0.2, 0.25) is 0 Å². The van der Waals surface area contributed by atoms with Crippen molar-refractivity contribution in [1.82, 2.24) is 0 Å². The summed E-state index contributed by atoms with van der Waals surface area (Å²) in [5.74, 6) is -0.613. The standard InChI is InChI=1S/C16H17NO5S/c1-10-9-15(11(2)8-14(10)22-3)23(20,21)17-13-7-5-4-6-12(13)16(18)19/h4-9,17H,1-3H3,(H,18,19). The molecular formula is C16H17NO5S. The van der Waals surface area contributed by atoms with E-state index in [4.69, 9.17) is 9.84 Å². The lowest BCUT2D eigenvalue weighted by atomic mass is 10.1. The number of hydrogen-bond acceptors (Lipinski definition) is 4. The molecule has 0 aromatic heterocycles. The highest BCUT2D eigenvalue weighted by Crippen LogP contribution is 2.27. The van der Waals surface area contributed by atoms with Gasteiger partial charge in [-0.3, -0.25) is 4.72 Å². The number of aromatic carboxylic acids is 1. The molecule has 0 spiro atoms. The lowest BCUT2D eigenvalue weighted by Crippen LogP contribution is -2.17. The van der Waals surface area contributed by atoms with E-state index in [9.17, 15) is 13.2 Å². The van der Waals surface area contributed by atoms with Crippen LogP contribution in [0.5, 0.6) is 5.75 Å². The summed E-state index contributed by atoms with van der Waals surface area (Å²) in [6.07, 6.45) is 0. The molecule has 2 N–H and O–H groups in total. The normalized spacial score (nSPS) is 11.1. The van der Waals surface area contributed by atoms with Crippen LogP contribution in [0.2, 0.25) is 0 Å². The summed E-state index contributed by atoms with van der Waals surface area (Å²) in [6, 6.07) is 8.98. The number of sulfonamides is 1. The Morgan fingerprint density at radius 1 is 1.13 bits per heavy atom. The first kappa shape index (κ1) is 16.8. The lowest BCUT2D eigenvalue weighted by molar-refractivity contribution is 0.0698. The average molecular weight is 335 g/mol. The van der Waals surface area contributed by atoms with Gasteiger partial charge >= 0.3 is 5.97 Å². The van der Waals surface area contributed by atoms with Gasteiger partial charge in [0.15, 0.2) is 0 Å². The first-order chi connectivity index (χ1) is 10.8. The van der Waals surface area contributed by atoms with Crippen LogP contribution in [0, 0.1) is 13.8 Å². The summed E-state index contributed by atoms with van der Waals surface area (Å²) in [6.45, 7) is 3.39. The van der Waals surface area contributed by atoms with Crippen LogP contribution < -0.4 is 9.46 Å². The fourth-order valence-corrected chi connectivity index (χ4v) is 3.62. The predicted molar refractivity (Wildman–Crippen MR) is 86.7 cm³/mol. The Hall–Kier alpha value is -2.54. The van der Waals surface area contributed by atoms with Crippen LogP contribution in [0.4, 0.5) is 5.69 Å². The highest BCUT2D eigenvalue weighted by Gasteiger charge is 2.21. The smallest absolute Gasteiger partial charge is 0.337 e. The molecule has 6 nitrogen and oxygen atoms in total. The quantitative estimate of drug-likeness (QED) is 0.876. The third kappa shape index (κ3) is 3.45. The monoisotopic (exact) mass is 335 g/mol. The Morgan fingerprint density at radius 2 is 1.78 bits per heavy atom. The van der Waals surface area contributed by atoms with Gasteiger partial charge in [-0.1, -0.05) is 12.1 Å². The molecular weight excluding hydrogens is 318 g/mol. The van der Waals surface area contributed by atoms with Crippen LogP contribution in [0.15, 0.2) is 41.3 Å². The van der Waals surface area contributed by atoms with Gasteiger partial charge in [-0.15, -0.1) is 0 Å². The van der Waals surface area contributed by atoms with Gasteiger partial charge in [0, 0.05) is 0 Å². The minimum Gasteiger partial charge on any atom is -0.496 e. The van der Waals surface area contributed by atoms with Crippen LogP contribution >= 0.6 is 0 Å². The molecule has 0 radical (unpaired) electrons. The van der Waals surface area contributed by atoms with Crippen LogP contribution in [-0.4, -0.2) is 26.6 Å². The minimum atomic E-state index is -3.92. The second kappa shape index (κ2) is 6.29. The lowest BCUT2D eigenvalue weighted by Gasteiger charge is -2.14. The van der Waals surface area contributed by atoms with Gasteiger partial charge in [-0.25, -0.2) is 13.2 Å². The summed E-state index contributed by atoms with van der Waals surface area (Å²) < 4.78 is 32.7. The maximum absolute atomic E-state index is 12.6. The molecule has 0 saturated carbocycles. The van der Waals surface area contributed by atoms with Gasteiger partial charge in [0.05, 0.1) is 23.3 Å². The number of benzene rings is 2. The Morgan fingerprint density at radius 3 is 2.39 bits per heavy atom. The summed E-state index contributed by atoms with van der Waals surface area (Å²) in [5, 5.41) is 9.15. The average Bonchev–Trinajstić information content (AvgIpc) is 2.48. The number of hydrogen-bond donors (Lipinski definition) is 2. The van der Waals surface area contributed by atoms with Crippen LogP contribution in [-0.2, 0) is 10.0 Å². The highest BCUT2D eigenvalue weighted by molar-refractivity contribution is 7.92. The molecule has 0 fully saturated rings. The van der Waals surface area contributed by atoms with Crippen molar-refractivity contribution in [1.29, 1.82) is 0 Å². The van der Waals surface area contributed by atoms with Crippen molar-refractivity contribution in [3.63, 3.8) is 0 Å². The third-order valence-corrected chi connectivity index (χ3v) is 4.89. The zero-order valence-corrected chi connectivity index (χ0v) is 13.8. The first-order valence-corrected chi connectivity index (χ1v) is 8.25. The number of rotatable bonds is 5. The van der Waals surface area contributed by atoms with Crippen molar-refractivity contribution >= 4 is 21.7 Å². The SMILES string of the molecule is COc1cc(C)c(S(=O)(=O)Nc2ccccc2C(=O)O)cc1C. The number of nitrogens with one attached hydrogen (secondary N) is 1. The Labute approximate surface area is 134 Å². The van der Waals surface area contributed by atoms with E-state index in [0.29, 0.717) is 16.9 Å². The van der Waals surface area contributed by atoms with Gasteiger partial charge < -0.3 is 9.84 Å². The van der Waals surface area contributed by atoms with Gasteiger partial charge in [-0.05, 0) is 49.2 Å². The highest BCUT2D eigenvalue weighted by atomic mass is 32.2. The van der Waals surface area contributed by atoms with Crippen molar-refractivity contribution < 1.29 is 23.1 Å². The van der Waals surface area contributed by atoms with Crippen molar-refractivity contribution in [3.8, 4) is 5.75 Å². The van der Waals surface area contributed by atoms with E-state index < -0.39 is 16.0 Å². The molecule has 0 aliphatic rings. The summed E-state index contributed by atoms with van der Waals surface area (Å²) in [7, 11) is -2.41. The van der Waals surface area contributed by atoms with E-state index in [1.807, 2.05) is 0 Å². The van der Waals surface area contributed by atoms with E-state index in [-0.39, 0.29) is 16.1 Å². The van der Waals surface area contributed by atoms with E-state index in [1.165, 1.54) is 31.4 Å². The van der Waals surface area contributed by atoms with E-state index in [0.717, 1.165) is 0 Å². The fraction of sp³-hybridized carbons (Fsp3) is 0.188. The Balaban J connectivity index is 2.49. The molecule has 2 rings (SSSR count). The number of carboxylic acid groups (broad SMARTS) is 1. The van der Waals surface area contributed by atoms with Gasteiger partial charge in [0.25, 0.3) is 10.0 Å². The van der Waals surface area contributed by atoms with Crippen molar-refractivity contribution in [2.24, 2.45) is 0 Å². The van der Waals surface area contributed by atoms with Crippen LogP contribution in [0.1, 0.15) is 21.5 Å². The largest absolute Gasteiger partial charge is 0.496 e. The molecule has 2 aromatic carbocycles. The van der Waals surface area contributed by atoms with Crippen LogP contribution in [0.25, 0.3) is 0 Å². The molecule has 122 valence electrons. The zero-order valence-electron chi connectivity index (χ0n) is 13.0. The van der Waals surface area contributed by atoms with E-state index in [2.05, 4.69) is 4.72 Å². The number of ether oxygens (including phenoxy) is 1. The van der Waals surface area contributed by atoms with Crippen molar-refractivity contribution in [2.45, 2.75) is 18.7 Å². The zero-order chi connectivity index (χ0) is 17.2. The fourth-order valence-electron chi connectivity index (χ4n) is 2.23. The molecule has 0 saturated heterocycles. The molecule has 0 aliphatic carbocycles. The Kier molecular flexibility index (Phi) is 4.60. The molecule has 0 aliphatic heterocycles. The van der Waals surface area contributed by atoms with E-state index in [1.54, 1.807) is 26.0 Å². The molecule has 7 heteroatoms. The molecule has 0 heterocycles. The number of aryl methyl sites for hydroxylation is 2. The molecule has 23 heavy (non-hydrogen) atoms.